The number of carbonyl (C=O) groups excluding carboxylic acids is 1. The van der Waals surface area contributed by atoms with Gasteiger partial charge in [0, 0.05) is 29.4 Å². The second-order valence-electron chi connectivity index (χ2n) is 7.63. The molecule has 1 fully saturated rings. The van der Waals surface area contributed by atoms with Crippen LogP contribution in [-0.4, -0.2) is 39.1 Å². The SMILES string of the molecule is COC(=O)[C@]1(C)CCC[C@H](Nc2nc(-c3c[nH]c4ncc(Cl)cc34)ncc2F)C1. The van der Waals surface area contributed by atoms with E-state index < -0.39 is 11.2 Å². The third-order valence-electron chi connectivity index (χ3n) is 5.48. The van der Waals surface area contributed by atoms with Crippen LogP contribution in [0.2, 0.25) is 5.02 Å². The second-order valence-corrected chi connectivity index (χ2v) is 8.07. The quantitative estimate of drug-likeness (QED) is 0.613. The highest BCUT2D eigenvalue weighted by Gasteiger charge is 2.39. The van der Waals surface area contributed by atoms with E-state index in [9.17, 15) is 9.18 Å². The number of anilines is 1. The molecule has 2 N–H and O–H groups in total. The lowest BCUT2D eigenvalue weighted by Crippen LogP contribution is -2.39. The zero-order valence-corrected chi connectivity index (χ0v) is 16.9. The summed E-state index contributed by atoms with van der Waals surface area (Å²) in [6.45, 7) is 1.89. The molecule has 0 radical (unpaired) electrons. The van der Waals surface area contributed by atoms with Crippen molar-refractivity contribution >= 4 is 34.4 Å². The van der Waals surface area contributed by atoms with Crippen molar-refractivity contribution in [3.63, 3.8) is 0 Å². The molecule has 9 heteroatoms. The van der Waals surface area contributed by atoms with Gasteiger partial charge < -0.3 is 15.0 Å². The van der Waals surface area contributed by atoms with Gasteiger partial charge in [-0.15, -0.1) is 0 Å². The number of fused-ring (bicyclic) bond motifs is 1. The number of hydrogen-bond acceptors (Lipinski definition) is 6. The summed E-state index contributed by atoms with van der Waals surface area (Å²) in [7, 11) is 1.39. The van der Waals surface area contributed by atoms with Gasteiger partial charge in [-0.05, 0) is 32.3 Å². The molecule has 0 aliphatic heterocycles. The predicted molar refractivity (Wildman–Crippen MR) is 108 cm³/mol. The van der Waals surface area contributed by atoms with E-state index in [1.54, 1.807) is 18.5 Å². The Morgan fingerprint density at radius 2 is 2.24 bits per heavy atom. The zero-order chi connectivity index (χ0) is 20.6. The summed E-state index contributed by atoms with van der Waals surface area (Å²) < 4.78 is 19.4. The van der Waals surface area contributed by atoms with Crippen molar-refractivity contribution in [3.8, 4) is 11.4 Å². The number of carbonyl (C=O) groups is 1. The van der Waals surface area contributed by atoms with Crippen molar-refractivity contribution in [2.75, 3.05) is 12.4 Å². The van der Waals surface area contributed by atoms with Crippen LogP contribution in [0.5, 0.6) is 0 Å². The van der Waals surface area contributed by atoms with Gasteiger partial charge in [0.2, 0.25) is 0 Å². The molecule has 1 aliphatic rings. The van der Waals surface area contributed by atoms with E-state index in [0.29, 0.717) is 28.5 Å². The van der Waals surface area contributed by atoms with Gasteiger partial charge in [-0.3, -0.25) is 4.79 Å². The minimum absolute atomic E-state index is 0.0934. The van der Waals surface area contributed by atoms with Gasteiger partial charge >= 0.3 is 5.97 Å². The molecule has 0 amide bonds. The first-order valence-corrected chi connectivity index (χ1v) is 9.78. The maximum absolute atomic E-state index is 14.4. The number of esters is 1. The van der Waals surface area contributed by atoms with E-state index in [-0.39, 0.29) is 17.8 Å². The normalized spacial score (nSPS) is 21.9. The number of ether oxygens (including phenoxy) is 1. The molecule has 29 heavy (non-hydrogen) atoms. The molecule has 3 aromatic heterocycles. The average Bonchev–Trinajstić information content (AvgIpc) is 3.12. The molecular formula is C20H21ClFN5O2. The number of pyridine rings is 1. The Hall–Kier alpha value is -2.74. The monoisotopic (exact) mass is 417 g/mol. The molecule has 0 spiro atoms. The summed E-state index contributed by atoms with van der Waals surface area (Å²) in [5.41, 5.74) is 0.741. The van der Waals surface area contributed by atoms with E-state index in [2.05, 4.69) is 25.3 Å². The van der Waals surface area contributed by atoms with E-state index in [1.807, 2.05) is 6.92 Å². The first-order valence-electron chi connectivity index (χ1n) is 9.40. The standard InChI is InChI=1S/C20H21ClFN5O2/c1-20(19(28)29-2)5-3-4-12(7-20)26-18-15(22)10-25-17(27-18)14-9-24-16-13(14)6-11(21)8-23-16/h6,8-10,12H,3-5,7H2,1-2H3,(H,23,24)(H,25,26,27)/t12-,20+/m0/s1. The Morgan fingerprint density at radius 1 is 1.41 bits per heavy atom. The molecule has 0 saturated heterocycles. The Kier molecular flexibility index (Phi) is 5.12. The fourth-order valence-electron chi connectivity index (χ4n) is 4.00. The largest absolute Gasteiger partial charge is 0.469 e. The Balaban J connectivity index is 1.62. The molecule has 0 bridgehead atoms. The summed E-state index contributed by atoms with van der Waals surface area (Å²) >= 11 is 6.06. The number of nitrogens with zero attached hydrogens (tertiary/aromatic N) is 3. The first kappa shape index (κ1) is 19.6. The maximum atomic E-state index is 14.4. The van der Waals surface area contributed by atoms with Crippen molar-refractivity contribution in [3.05, 3.63) is 35.5 Å². The van der Waals surface area contributed by atoms with Crippen molar-refractivity contribution in [1.82, 2.24) is 19.9 Å². The minimum Gasteiger partial charge on any atom is -0.469 e. The lowest BCUT2D eigenvalue weighted by Gasteiger charge is -2.36. The maximum Gasteiger partial charge on any atom is 0.311 e. The third-order valence-corrected chi connectivity index (χ3v) is 5.69. The number of hydrogen-bond donors (Lipinski definition) is 2. The number of halogens is 2. The number of rotatable bonds is 4. The van der Waals surface area contributed by atoms with E-state index in [4.69, 9.17) is 16.3 Å². The summed E-state index contributed by atoms with van der Waals surface area (Å²) in [6, 6.07) is 1.67. The van der Waals surface area contributed by atoms with Gasteiger partial charge in [-0.1, -0.05) is 18.0 Å². The van der Waals surface area contributed by atoms with Crippen LogP contribution in [0.3, 0.4) is 0 Å². The molecule has 1 aliphatic carbocycles. The summed E-state index contributed by atoms with van der Waals surface area (Å²) in [4.78, 5) is 27.9. The molecule has 3 aromatic rings. The first-order chi connectivity index (χ1) is 13.9. The van der Waals surface area contributed by atoms with Crippen LogP contribution in [0.15, 0.2) is 24.7 Å². The topological polar surface area (TPSA) is 92.8 Å². The third kappa shape index (κ3) is 3.76. The molecule has 4 rings (SSSR count). The van der Waals surface area contributed by atoms with E-state index in [0.717, 1.165) is 30.8 Å². The summed E-state index contributed by atoms with van der Waals surface area (Å²) in [6.07, 6.45) is 7.37. The van der Waals surface area contributed by atoms with Gasteiger partial charge in [0.15, 0.2) is 17.5 Å². The van der Waals surface area contributed by atoms with E-state index >= 15 is 0 Å². The van der Waals surface area contributed by atoms with Crippen LogP contribution in [-0.2, 0) is 9.53 Å². The van der Waals surface area contributed by atoms with Crippen molar-refractivity contribution in [2.24, 2.45) is 5.41 Å². The van der Waals surface area contributed by atoms with Crippen molar-refractivity contribution in [2.45, 2.75) is 38.6 Å². The molecule has 152 valence electrons. The highest BCUT2D eigenvalue weighted by Crippen LogP contribution is 2.38. The van der Waals surface area contributed by atoms with Crippen LogP contribution >= 0.6 is 11.6 Å². The molecule has 3 heterocycles. The highest BCUT2D eigenvalue weighted by molar-refractivity contribution is 6.31. The fraction of sp³-hybridized carbons (Fsp3) is 0.400. The summed E-state index contributed by atoms with van der Waals surface area (Å²) in [5.74, 6) is -0.319. The van der Waals surface area contributed by atoms with Crippen LogP contribution in [0.1, 0.15) is 32.6 Å². The molecule has 2 atom stereocenters. The highest BCUT2D eigenvalue weighted by atomic mass is 35.5. The van der Waals surface area contributed by atoms with Gasteiger partial charge in [0.25, 0.3) is 0 Å². The zero-order valence-electron chi connectivity index (χ0n) is 16.1. The molecular weight excluding hydrogens is 397 g/mol. The van der Waals surface area contributed by atoms with Crippen LogP contribution in [0, 0.1) is 11.2 Å². The number of aromatic amines is 1. The van der Waals surface area contributed by atoms with Gasteiger partial charge in [0.1, 0.15) is 5.65 Å². The lowest BCUT2D eigenvalue weighted by atomic mass is 9.73. The van der Waals surface area contributed by atoms with Gasteiger partial charge in [0.05, 0.1) is 23.7 Å². The molecule has 1 saturated carbocycles. The van der Waals surface area contributed by atoms with Gasteiger partial charge in [-0.2, -0.15) is 0 Å². The fourth-order valence-corrected chi connectivity index (χ4v) is 4.15. The molecule has 0 unspecified atom stereocenters. The number of H-pyrrole nitrogens is 1. The number of nitrogens with one attached hydrogen (secondary N) is 2. The Morgan fingerprint density at radius 3 is 3.03 bits per heavy atom. The average molecular weight is 418 g/mol. The molecule has 0 aromatic carbocycles. The van der Waals surface area contributed by atoms with Crippen LogP contribution in [0.25, 0.3) is 22.4 Å². The van der Waals surface area contributed by atoms with Crippen molar-refractivity contribution in [1.29, 1.82) is 0 Å². The smallest absolute Gasteiger partial charge is 0.311 e. The summed E-state index contributed by atoms with van der Waals surface area (Å²) in [5, 5.41) is 4.40. The van der Waals surface area contributed by atoms with Crippen LogP contribution in [0.4, 0.5) is 10.2 Å². The Bertz CT molecular complexity index is 1070. The second kappa shape index (κ2) is 7.59. The lowest BCUT2D eigenvalue weighted by molar-refractivity contribution is -0.153. The number of methoxy groups -OCH3 is 1. The Labute approximate surface area is 172 Å². The predicted octanol–water partition coefficient (Wildman–Crippen LogP) is 4.35. The van der Waals surface area contributed by atoms with Crippen LogP contribution < -0.4 is 5.32 Å². The minimum atomic E-state index is -0.587. The van der Waals surface area contributed by atoms with Crippen molar-refractivity contribution < 1.29 is 13.9 Å². The van der Waals surface area contributed by atoms with Gasteiger partial charge in [-0.25, -0.2) is 19.3 Å². The molecule has 7 nitrogen and oxygen atoms in total. The number of aromatic nitrogens is 4. The van der Waals surface area contributed by atoms with E-state index in [1.165, 1.54) is 7.11 Å².